The Labute approximate surface area is 136 Å². The Balaban J connectivity index is 1.79. The Bertz CT molecular complexity index is 609. The largest absolute Gasteiger partial charge is 0.497 e. The summed E-state index contributed by atoms with van der Waals surface area (Å²) in [7, 11) is 1.61. The van der Waals surface area contributed by atoms with E-state index >= 15 is 0 Å². The maximum Gasteiger partial charge on any atom is 0.243 e. The first kappa shape index (κ1) is 16.7. The smallest absolute Gasteiger partial charge is 0.243 e. The maximum atomic E-state index is 11.9. The Morgan fingerprint density at radius 1 is 0.957 bits per heavy atom. The molecule has 0 heterocycles. The molecule has 2 rings (SSSR count). The summed E-state index contributed by atoms with van der Waals surface area (Å²) in [4.78, 5) is 11.9. The number of hydrogen-bond donors (Lipinski definition) is 2. The molecule has 2 aromatic carbocycles. The van der Waals surface area contributed by atoms with Crippen molar-refractivity contribution in [3.63, 3.8) is 0 Å². The van der Waals surface area contributed by atoms with Crippen LogP contribution < -0.4 is 20.1 Å². The summed E-state index contributed by atoms with van der Waals surface area (Å²) in [5.41, 5.74) is 1.61. The number of carbonyl (C=O) groups excluding carboxylic acids is 1. The molecule has 23 heavy (non-hydrogen) atoms. The van der Waals surface area contributed by atoms with Crippen molar-refractivity contribution in [3.8, 4) is 11.5 Å². The zero-order chi connectivity index (χ0) is 16.5. The topological polar surface area (TPSA) is 59.6 Å². The Kier molecular flexibility index (Phi) is 6.29. The molecule has 0 aliphatic rings. The highest BCUT2D eigenvalue weighted by atomic mass is 16.5. The second kappa shape index (κ2) is 8.68. The SMILES string of the molecule is CCCOc1ccc(NCC(=O)Nc2ccc(OC)cc2)cc1. The molecule has 0 fully saturated rings. The molecule has 0 aliphatic carbocycles. The molecule has 1 amide bonds. The van der Waals surface area contributed by atoms with Crippen molar-refractivity contribution in [2.45, 2.75) is 13.3 Å². The van der Waals surface area contributed by atoms with E-state index in [2.05, 4.69) is 17.6 Å². The molecule has 0 unspecified atom stereocenters. The van der Waals surface area contributed by atoms with Gasteiger partial charge in [0.1, 0.15) is 11.5 Å². The number of hydrogen-bond acceptors (Lipinski definition) is 4. The van der Waals surface area contributed by atoms with Gasteiger partial charge in [0.2, 0.25) is 5.91 Å². The zero-order valence-electron chi connectivity index (χ0n) is 13.5. The van der Waals surface area contributed by atoms with E-state index < -0.39 is 0 Å². The fraction of sp³-hybridized carbons (Fsp3) is 0.278. The molecule has 0 bridgehead atoms. The zero-order valence-corrected chi connectivity index (χ0v) is 13.5. The van der Waals surface area contributed by atoms with Gasteiger partial charge in [0.05, 0.1) is 20.3 Å². The van der Waals surface area contributed by atoms with Gasteiger partial charge in [-0.1, -0.05) is 6.92 Å². The van der Waals surface area contributed by atoms with Crippen molar-refractivity contribution >= 4 is 17.3 Å². The summed E-state index contributed by atoms with van der Waals surface area (Å²) < 4.78 is 10.6. The van der Waals surface area contributed by atoms with Gasteiger partial charge in [-0.2, -0.15) is 0 Å². The van der Waals surface area contributed by atoms with Crippen molar-refractivity contribution in [2.24, 2.45) is 0 Å². The molecule has 5 heteroatoms. The molecule has 0 aromatic heterocycles. The fourth-order valence-electron chi connectivity index (χ4n) is 1.95. The van der Waals surface area contributed by atoms with Crippen LogP contribution in [0.15, 0.2) is 48.5 Å². The molecular formula is C18H22N2O3. The highest BCUT2D eigenvalue weighted by Gasteiger charge is 2.03. The van der Waals surface area contributed by atoms with Gasteiger partial charge in [0, 0.05) is 11.4 Å². The van der Waals surface area contributed by atoms with E-state index in [-0.39, 0.29) is 12.5 Å². The van der Waals surface area contributed by atoms with Gasteiger partial charge in [-0.25, -0.2) is 0 Å². The highest BCUT2D eigenvalue weighted by Crippen LogP contribution is 2.16. The maximum absolute atomic E-state index is 11.9. The third-order valence-corrected chi connectivity index (χ3v) is 3.15. The van der Waals surface area contributed by atoms with Crippen molar-refractivity contribution in [3.05, 3.63) is 48.5 Å². The number of anilines is 2. The number of methoxy groups -OCH3 is 1. The third kappa shape index (κ3) is 5.54. The van der Waals surface area contributed by atoms with Gasteiger partial charge >= 0.3 is 0 Å². The first-order valence-electron chi connectivity index (χ1n) is 7.62. The molecule has 0 spiro atoms. The van der Waals surface area contributed by atoms with Crippen LogP contribution in [0.5, 0.6) is 11.5 Å². The lowest BCUT2D eigenvalue weighted by Gasteiger charge is -2.09. The first-order chi connectivity index (χ1) is 11.2. The predicted octanol–water partition coefficient (Wildman–Crippen LogP) is 3.53. The molecule has 5 nitrogen and oxygen atoms in total. The van der Waals surface area contributed by atoms with Crippen LogP contribution in [0.25, 0.3) is 0 Å². The van der Waals surface area contributed by atoms with E-state index in [1.165, 1.54) is 0 Å². The molecule has 0 saturated carbocycles. The number of nitrogens with one attached hydrogen (secondary N) is 2. The monoisotopic (exact) mass is 314 g/mol. The van der Waals surface area contributed by atoms with Crippen LogP contribution in [-0.4, -0.2) is 26.2 Å². The molecule has 0 aliphatic heterocycles. The number of ether oxygens (including phenoxy) is 2. The van der Waals surface area contributed by atoms with E-state index in [4.69, 9.17) is 9.47 Å². The molecule has 0 radical (unpaired) electrons. The summed E-state index contributed by atoms with van der Waals surface area (Å²) in [5, 5.41) is 5.90. The van der Waals surface area contributed by atoms with Crippen molar-refractivity contribution < 1.29 is 14.3 Å². The second-order valence-electron chi connectivity index (χ2n) is 5.00. The highest BCUT2D eigenvalue weighted by molar-refractivity contribution is 5.93. The van der Waals surface area contributed by atoms with Crippen LogP contribution in [0.1, 0.15) is 13.3 Å². The van der Waals surface area contributed by atoms with E-state index in [0.29, 0.717) is 6.61 Å². The third-order valence-electron chi connectivity index (χ3n) is 3.15. The van der Waals surface area contributed by atoms with Crippen molar-refractivity contribution in [1.29, 1.82) is 0 Å². The Morgan fingerprint density at radius 3 is 2.17 bits per heavy atom. The van der Waals surface area contributed by atoms with E-state index in [0.717, 1.165) is 29.3 Å². The van der Waals surface area contributed by atoms with Gasteiger partial charge in [0.15, 0.2) is 0 Å². The van der Waals surface area contributed by atoms with Crippen LogP contribution in [-0.2, 0) is 4.79 Å². The Morgan fingerprint density at radius 2 is 1.57 bits per heavy atom. The average molecular weight is 314 g/mol. The lowest BCUT2D eigenvalue weighted by atomic mass is 10.3. The standard InChI is InChI=1S/C18H22N2O3/c1-3-12-23-17-10-4-14(5-11-17)19-13-18(21)20-15-6-8-16(22-2)9-7-15/h4-11,19H,3,12-13H2,1-2H3,(H,20,21). The van der Waals surface area contributed by atoms with Crippen LogP contribution in [0.2, 0.25) is 0 Å². The number of benzene rings is 2. The molecular weight excluding hydrogens is 292 g/mol. The van der Waals surface area contributed by atoms with Gasteiger partial charge in [-0.05, 0) is 55.0 Å². The number of rotatable bonds is 8. The summed E-state index contributed by atoms with van der Waals surface area (Å²) in [6, 6.07) is 14.8. The summed E-state index contributed by atoms with van der Waals surface area (Å²) in [5.74, 6) is 1.48. The molecule has 122 valence electrons. The van der Waals surface area contributed by atoms with Gasteiger partial charge in [-0.15, -0.1) is 0 Å². The minimum atomic E-state index is -0.110. The predicted molar refractivity (Wildman–Crippen MR) is 92.3 cm³/mol. The lowest BCUT2D eigenvalue weighted by molar-refractivity contribution is -0.114. The van der Waals surface area contributed by atoms with Crippen LogP contribution >= 0.6 is 0 Å². The van der Waals surface area contributed by atoms with Crippen LogP contribution in [0, 0.1) is 0 Å². The number of carbonyl (C=O) groups is 1. The summed E-state index contributed by atoms with van der Waals surface area (Å²) in [6.07, 6.45) is 0.978. The van der Waals surface area contributed by atoms with Gasteiger partial charge in [0.25, 0.3) is 0 Å². The lowest BCUT2D eigenvalue weighted by Crippen LogP contribution is -2.21. The first-order valence-corrected chi connectivity index (χ1v) is 7.62. The summed E-state index contributed by atoms with van der Waals surface area (Å²) in [6.45, 7) is 2.97. The number of amides is 1. The van der Waals surface area contributed by atoms with E-state index in [1.54, 1.807) is 31.4 Å². The second-order valence-corrected chi connectivity index (χ2v) is 5.00. The molecule has 2 N–H and O–H groups in total. The average Bonchev–Trinajstić information content (AvgIpc) is 2.59. The van der Waals surface area contributed by atoms with Crippen molar-refractivity contribution in [1.82, 2.24) is 0 Å². The Hall–Kier alpha value is -2.69. The quantitative estimate of drug-likeness (QED) is 0.782. The van der Waals surface area contributed by atoms with Crippen molar-refractivity contribution in [2.75, 3.05) is 30.9 Å². The molecule has 0 atom stereocenters. The van der Waals surface area contributed by atoms with E-state index in [1.807, 2.05) is 24.3 Å². The minimum Gasteiger partial charge on any atom is -0.497 e. The van der Waals surface area contributed by atoms with Crippen LogP contribution in [0.3, 0.4) is 0 Å². The van der Waals surface area contributed by atoms with E-state index in [9.17, 15) is 4.79 Å². The normalized spacial score (nSPS) is 10.0. The molecule has 0 saturated heterocycles. The summed E-state index contributed by atoms with van der Waals surface area (Å²) >= 11 is 0. The fourth-order valence-corrected chi connectivity index (χ4v) is 1.95. The van der Waals surface area contributed by atoms with Gasteiger partial charge in [-0.3, -0.25) is 4.79 Å². The van der Waals surface area contributed by atoms with Crippen LogP contribution in [0.4, 0.5) is 11.4 Å². The minimum absolute atomic E-state index is 0.110. The van der Waals surface area contributed by atoms with Gasteiger partial charge < -0.3 is 20.1 Å². The molecule has 2 aromatic rings.